The Morgan fingerprint density at radius 2 is 1.85 bits per heavy atom. The van der Waals surface area contributed by atoms with Crippen LogP contribution in [0.4, 0.5) is 0 Å². The van der Waals surface area contributed by atoms with E-state index in [2.05, 4.69) is 46.4 Å². The highest BCUT2D eigenvalue weighted by Crippen LogP contribution is 2.30. The maximum atomic E-state index is 10.8. The summed E-state index contributed by atoms with van der Waals surface area (Å²) in [6.45, 7) is 4.60. The first-order chi connectivity index (χ1) is 13.2. The number of benzene rings is 1. The molecule has 3 aliphatic heterocycles. The van der Waals surface area contributed by atoms with E-state index in [0.29, 0.717) is 6.04 Å². The van der Waals surface area contributed by atoms with E-state index in [0.717, 1.165) is 52.0 Å². The summed E-state index contributed by atoms with van der Waals surface area (Å²) in [4.78, 5) is 4.72. The molecule has 3 N–H and O–H groups in total. The summed E-state index contributed by atoms with van der Waals surface area (Å²) in [6.07, 6.45) is 2.06. The van der Waals surface area contributed by atoms with Crippen molar-refractivity contribution in [3.8, 4) is 0 Å². The van der Waals surface area contributed by atoms with E-state index in [9.17, 15) is 10.2 Å². The molecule has 3 aliphatic rings. The largest absolute Gasteiger partial charge is 0.394 e. The fourth-order valence-electron chi connectivity index (χ4n) is 4.86. The highest BCUT2D eigenvalue weighted by molar-refractivity contribution is 5.29. The quantitative estimate of drug-likeness (QED) is 0.684. The molecule has 0 amide bonds. The smallest absolute Gasteiger partial charge is 0.109 e. The maximum Gasteiger partial charge on any atom is 0.109 e. The summed E-state index contributed by atoms with van der Waals surface area (Å²) in [6, 6.07) is 8.99. The number of hydrogen-bond donors (Lipinski definition) is 3. The van der Waals surface area contributed by atoms with Crippen molar-refractivity contribution in [2.24, 2.45) is 0 Å². The van der Waals surface area contributed by atoms with Gasteiger partial charge in [0.25, 0.3) is 0 Å². The second-order valence-corrected chi connectivity index (χ2v) is 8.35. The van der Waals surface area contributed by atoms with Crippen LogP contribution in [0.1, 0.15) is 24.0 Å². The van der Waals surface area contributed by atoms with Gasteiger partial charge >= 0.3 is 0 Å². The van der Waals surface area contributed by atoms with Gasteiger partial charge in [-0.3, -0.25) is 4.90 Å². The van der Waals surface area contributed by atoms with Crippen LogP contribution in [0.5, 0.6) is 0 Å². The first kappa shape index (κ1) is 19.3. The van der Waals surface area contributed by atoms with Gasteiger partial charge in [0.1, 0.15) is 12.2 Å². The van der Waals surface area contributed by atoms with Gasteiger partial charge in [0.2, 0.25) is 0 Å². The summed E-state index contributed by atoms with van der Waals surface area (Å²) in [5.41, 5.74) is 2.74. The standard InChI is InChI=1S/C21H33N3O3/c1-23-9-7-17(8-10-23)22-12-18-20(21(26)19(14-25)27-18)24-11-6-15-4-2-3-5-16(15)13-24/h2-5,17-22,25-26H,6-14H2,1H3. The van der Waals surface area contributed by atoms with Crippen molar-refractivity contribution in [2.75, 3.05) is 39.8 Å². The van der Waals surface area contributed by atoms with Gasteiger partial charge in [0, 0.05) is 25.7 Å². The second-order valence-electron chi connectivity index (χ2n) is 8.35. The Hall–Kier alpha value is -1.02. The van der Waals surface area contributed by atoms with Crippen molar-refractivity contribution in [1.82, 2.24) is 15.1 Å². The van der Waals surface area contributed by atoms with Crippen molar-refractivity contribution in [3.05, 3.63) is 35.4 Å². The van der Waals surface area contributed by atoms with Crippen LogP contribution in [0.2, 0.25) is 0 Å². The zero-order chi connectivity index (χ0) is 18.8. The number of rotatable bonds is 5. The molecule has 2 fully saturated rings. The SMILES string of the molecule is CN1CCC(NCC2OC(CO)C(O)C2N2CCc3ccccc3C2)CC1. The van der Waals surface area contributed by atoms with Crippen LogP contribution in [-0.2, 0) is 17.7 Å². The van der Waals surface area contributed by atoms with Crippen molar-refractivity contribution < 1.29 is 14.9 Å². The number of likely N-dealkylation sites (tertiary alicyclic amines) is 1. The van der Waals surface area contributed by atoms with Crippen LogP contribution in [-0.4, -0.2) is 90.2 Å². The van der Waals surface area contributed by atoms with Crippen molar-refractivity contribution in [2.45, 2.75) is 56.2 Å². The van der Waals surface area contributed by atoms with Gasteiger partial charge in [-0.1, -0.05) is 24.3 Å². The minimum Gasteiger partial charge on any atom is -0.394 e. The van der Waals surface area contributed by atoms with E-state index >= 15 is 0 Å². The average Bonchev–Trinajstić information content (AvgIpc) is 3.02. The van der Waals surface area contributed by atoms with E-state index in [-0.39, 0.29) is 18.8 Å². The number of nitrogens with zero attached hydrogens (tertiary/aromatic N) is 2. The molecule has 4 rings (SSSR count). The first-order valence-corrected chi connectivity index (χ1v) is 10.3. The predicted molar refractivity (Wildman–Crippen MR) is 105 cm³/mol. The normalized spacial score (nSPS) is 33.3. The van der Waals surface area contributed by atoms with Gasteiger partial charge in [-0.15, -0.1) is 0 Å². The van der Waals surface area contributed by atoms with Crippen molar-refractivity contribution in [1.29, 1.82) is 0 Å². The third kappa shape index (κ3) is 4.21. The third-order valence-electron chi connectivity index (χ3n) is 6.55. The number of piperidine rings is 1. The third-order valence-corrected chi connectivity index (χ3v) is 6.55. The monoisotopic (exact) mass is 375 g/mol. The van der Waals surface area contributed by atoms with Gasteiger partial charge in [-0.05, 0) is 50.5 Å². The molecule has 1 aromatic carbocycles. The van der Waals surface area contributed by atoms with Crippen LogP contribution >= 0.6 is 0 Å². The molecule has 4 unspecified atom stereocenters. The zero-order valence-corrected chi connectivity index (χ0v) is 16.3. The van der Waals surface area contributed by atoms with E-state index in [4.69, 9.17) is 4.74 Å². The fourth-order valence-corrected chi connectivity index (χ4v) is 4.86. The number of aliphatic hydroxyl groups excluding tert-OH is 2. The molecule has 0 aromatic heterocycles. The molecule has 3 heterocycles. The Morgan fingerprint density at radius 3 is 2.59 bits per heavy atom. The van der Waals surface area contributed by atoms with E-state index in [1.165, 1.54) is 11.1 Å². The number of ether oxygens (including phenoxy) is 1. The van der Waals surface area contributed by atoms with Gasteiger partial charge in [-0.2, -0.15) is 0 Å². The highest BCUT2D eigenvalue weighted by atomic mass is 16.5. The van der Waals surface area contributed by atoms with Gasteiger partial charge < -0.3 is 25.2 Å². The van der Waals surface area contributed by atoms with E-state index in [1.807, 2.05) is 0 Å². The summed E-state index contributed by atoms with van der Waals surface area (Å²) in [7, 11) is 2.17. The molecular weight excluding hydrogens is 342 g/mol. The van der Waals surface area contributed by atoms with Crippen molar-refractivity contribution in [3.63, 3.8) is 0 Å². The summed E-state index contributed by atoms with van der Waals surface area (Å²) in [5, 5.41) is 24.1. The Labute approximate surface area is 162 Å². The minimum absolute atomic E-state index is 0.0747. The lowest BCUT2D eigenvalue weighted by atomic mass is 9.95. The molecule has 0 radical (unpaired) electrons. The Morgan fingerprint density at radius 1 is 1.11 bits per heavy atom. The summed E-state index contributed by atoms with van der Waals surface area (Å²) >= 11 is 0. The predicted octanol–water partition coefficient (Wildman–Crippen LogP) is 0.218. The van der Waals surface area contributed by atoms with Crippen molar-refractivity contribution >= 4 is 0 Å². The molecule has 4 atom stereocenters. The highest BCUT2D eigenvalue weighted by Gasteiger charge is 2.46. The zero-order valence-electron chi connectivity index (χ0n) is 16.3. The molecule has 1 aromatic rings. The number of hydrogen-bond acceptors (Lipinski definition) is 6. The lowest BCUT2D eigenvalue weighted by Gasteiger charge is -2.38. The average molecular weight is 376 g/mol. The molecule has 2 saturated heterocycles. The van der Waals surface area contributed by atoms with Crippen LogP contribution in [0.25, 0.3) is 0 Å². The second kappa shape index (κ2) is 8.55. The molecule has 0 saturated carbocycles. The van der Waals surface area contributed by atoms with Crippen LogP contribution in [0, 0.1) is 0 Å². The molecule has 6 heteroatoms. The number of nitrogens with one attached hydrogen (secondary N) is 1. The Kier molecular flexibility index (Phi) is 6.12. The van der Waals surface area contributed by atoms with Crippen LogP contribution < -0.4 is 5.32 Å². The minimum atomic E-state index is -0.649. The fraction of sp³-hybridized carbons (Fsp3) is 0.714. The topological polar surface area (TPSA) is 68.2 Å². The van der Waals surface area contributed by atoms with Crippen LogP contribution in [0.15, 0.2) is 24.3 Å². The lowest BCUT2D eigenvalue weighted by Crippen LogP contribution is -2.53. The molecule has 0 aliphatic carbocycles. The van der Waals surface area contributed by atoms with Gasteiger partial charge in [0.05, 0.1) is 18.8 Å². The molecule has 0 spiro atoms. The van der Waals surface area contributed by atoms with Crippen LogP contribution in [0.3, 0.4) is 0 Å². The summed E-state index contributed by atoms with van der Waals surface area (Å²) in [5.74, 6) is 0. The molecule has 150 valence electrons. The molecular formula is C21H33N3O3. The van der Waals surface area contributed by atoms with Gasteiger partial charge in [0.15, 0.2) is 0 Å². The number of fused-ring (bicyclic) bond motifs is 1. The molecule has 6 nitrogen and oxygen atoms in total. The first-order valence-electron chi connectivity index (χ1n) is 10.3. The summed E-state index contributed by atoms with van der Waals surface area (Å²) < 4.78 is 6.07. The van der Waals surface area contributed by atoms with Gasteiger partial charge in [-0.25, -0.2) is 0 Å². The van der Waals surface area contributed by atoms with E-state index in [1.54, 1.807) is 0 Å². The molecule has 27 heavy (non-hydrogen) atoms. The Bertz CT molecular complexity index is 620. The van der Waals surface area contributed by atoms with E-state index < -0.39 is 12.2 Å². The Balaban J connectivity index is 1.42. The molecule has 0 bridgehead atoms. The number of aliphatic hydroxyl groups is 2. The lowest BCUT2D eigenvalue weighted by molar-refractivity contribution is -0.0222. The maximum absolute atomic E-state index is 10.8.